The third-order valence-corrected chi connectivity index (χ3v) is 2.76. The van der Waals surface area contributed by atoms with Gasteiger partial charge in [0.05, 0.1) is 12.0 Å². The predicted octanol–water partition coefficient (Wildman–Crippen LogP) is 0.231. The Hall–Kier alpha value is -1.22. The Morgan fingerprint density at radius 2 is 2.06 bits per heavy atom. The van der Waals surface area contributed by atoms with E-state index in [1.165, 1.54) is 13.0 Å². The van der Waals surface area contributed by atoms with Crippen molar-refractivity contribution in [3.05, 3.63) is 23.6 Å². The summed E-state index contributed by atoms with van der Waals surface area (Å²) < 4.78 is 32.3. The van der Waals surface area contributed by atoms with E-state index >= 15 is 0 Å². The lowest BCUT2D eigenvalue weighted by Crippen LogP contribution is -2.31. The Labute approximate surface area is 105 Å². The van der Waals surface area contributed by atoms with Gasteiger partial charge in [-0.05, 0) is 13.8 Å². The molecule has 2 atom stereocenters. The van der Waals surface area contributed by atoms with Gasteiger partial charge in [0.25, 0.3) is 10.1 Å². The average molecular weight is 280 g/mol. The van der Waals surface area contributed by atoms with Crippen molar-refractivity contribution in [2.75, 3.05) is 6.61 Å². The average Bonchev–Trinajstić information content (AvgIpc) is 2.22. The van der Waals surface area contributed by atoms with Gasteiger partial charge < -0.3 is 14.9 Å². The van der Waals surface area contributed by atoms with E-state index in [9.17, 15) is 18.3 Å². The smallest absolute Gasteiger partial charge is 0.332 e. The molecule has 0 heterocycles. The molecule has 7 nitrogen and oxygen atoms in total. The number of rotatable bonds is 8. The molecule has 18 heavy (non-hydrogen) atoms. The zero-order chi connectivity index (χ0) is 14.3. The number of carboxylic acids is 1. The number of aliphatic hydroxyl groups excluding tert-OH is 1. The molecule has 0 saturated heterocycles. The topological polar surface area (TPSA) is 110 Å². The monoisotopic (exact) mass is 280 g/mol. The van der Waals surface area contributed by atoms with Gasteiger partial charge in [-0.15, -0.1) is 6.58 Å². The van der Waals surface area contributed by atoms with Crippen LogP contribution in [0.25, 0.3) is 0 Å². The number of carbonyl (C=O) groups is 1. The lowest BCUT2D eigenvalue weighted by molar-refractivity contribution is -0.132. The van der Waals surface area contributed by atoms with Crippen LogP contribution < -0.4 is 0 Å². The molecule has 2 unspecified atom stereocenters. The molecule has 0 aliphatic rings. The van der Waals surface area contributed by atoms with E-state index < -0.39 is 34.1 Å². The van der Waals surface area contributed by atoms with Gasteiger partial charge in [0.2, 0.25) is 6.29 Å². The van der Waals surface area contributed by atoms with Gasteiger partial charge in [0.1, 0.15) is 6.10 Å². The predicted molar refractivity (Wildman–Crippen MR) is 63.0 cm³/mol. The Kier molecular flexibility index (Phi) is 6.77. The normalized spacial score (nSPS) is 16.1. The number of carboxylic acid groups (broad SMARTS) is 1. The maximum absolute atomic E-state index is 11.4. The van der Waals surface area contributed by atoms with E-state index in [1.54, 1.807) is 0 Å². The maximum atomic E-state index is 11.4. The fourth-order valence-corrected chi connectivity index (χ4v) is 1.91. The van der Waals surface area contributed by atoms with Crippen LogP contribution in [0, 0.1) is 0 Å². The lowest BCUT2D eigenvalue weighted by atomic mass is 10.4. The highest BCUT2D eigenvalue weighted by Gasteiger charge is 2.23. The van der Waals surface area contributed by atoms with Crippen LogP contribution in [0.5, 0.6) is 0 Å². The Balaban J connectivity index is 4.86. The van der Waals surface area contributed by atoms with Gasteiger partial charge in [-0.25, -0.2) is 8.98 Å². The summed E-state index contributed by atoms with van der Waals surface area (Å²) in [5.41, 5.74) is -0.414. The van der Waals surface area contributed by atoms with E-state index in [4.69, 9.17) is 9.84 Å². The van der Waals surface area contributed by atoms with Crippen molar-refractivity contribution in [3.8, 4) is 0 Å². The second-order valence-corrected chi connectivity index (χ2v) is 4.84. The molecule has 0 bridgehead atoms. The molecule has 0 rings (SSSR count). The van der Waals surface area contributed by atoms with Gasteiger partial charge in [0, 0.05) is 5.57 Å². The lowest BCUT2D eigenvalue weighted by Gasteiger charge is -2.18. The quantitative estimate of drug-likeness (QED) is 0.283. The summed E-state index contributed by atoms with van der Waals surface area (Å²) in [6.45, 7) is 5.71. The van der Waals surface area contributed by atoms with E-state index in [0.29, 0.717) is 5.41 Å². The van der Waals surface area contributed by atoms with Gasteiger partial charge in [-0.2, -0.15) is 8.42 Å². The molecule has 0 saturated carbocycles. The van der Waals surface area contributed by atoms with E-state index in [-0.39, 0.29) is 6.61 Å². The van der Waals surface area contributed by atoms with Crippen LogP contribution in [-0.4, -0.2) is 43.6 Å². The van der Waals surface area contributed by atoms with Crippen molar-refractivity contribution in [2.24, 2.45) is 0 Å². The molecule has 0 aromatic heterocycles. The van der Waals surface area contributed by atoms with Crippen LogP contribution in [0.2, 0.25) is 0 Å². The molecule has 0 aliphatic heterocycles. The van der Waals surface area contributed by atoms with Gasteiger partial charge in [-0.3, -0.25) is 0 Å². The molecule has 104 valence electrons. The minimum Gasteiger partial charge on any atom is -0.478 e. The Morgan fingerprint density at radius 1 is 1.50 bits per heavy atom. The highest BCUT2D eigenvalue weighted by Crippen LogP contribution is 2.10. The number of hydrogen-bond acceptors (Lipinski definition) is 6. The van der Waals surface area contributed by atoms with E-state index in [2.05, 4.69) is 10.8 Å². The fourth-order valence-electron chi connectivity index (χ4n) is 0.837. The van der Waals surface area contributed by atoms with Gasteiger partial charge in [0.15, 0.2) is 0 Å². The van der Waals surface area contributed by atoms with Crippen molar-refractivity contribution in [2.45, 2.75) is 26.2 Å². The van der Waals surface area contributed by atoms with Crippen LogP contribution in [0.4, 0.5) is 0 Å². The summed E-state index contributed by atoms with van der Waals surface area (Å²) in [5.74, 6) is -1.39. The molecule has 8 heteroatoms. The minimum atomic E-state index is -4.26. The van der Waals surface area contributed by atoms with E-state index in [1.807, 2.05) is 0 Å². The largest absolute Gasteiger partial charge is 0.478 e. The molecule has 0 aliphatic carbocycles. The van der Waals surface area contributed by atoms with Crippen LogP contribution >= 0.6 is 0 Å². The molecular weight excluding hydrogens is 264 g/mol. The van der Waals surface area contributed by atoms with Crippen LogP contribution in [0.3, 0.4) is 0 Å². The number of aliphatic hydroxyl groups is 1. The van der Waals surface area contributed by atoms with Crippen LogP contribution in [0.15, 0.2) is 23.6 Å². The zero-order valence-electron chi connectivity index (χ0n) is 10.1. The van der Waals surface area contributed by atoms with Crippen LogP contribution in [-0.2, 0) is 23.8 Å². The van der Waals surface area contributed by atoms with Crippen molar-refractivity contribution in [1.82, 2.24) is 0 Å². The highest BCUT2D eigenvalue weighted by molar-refractivity contribution is 7.89. The first kappa shape index (κ1) is 16.8. The molecule has 0 aromatic rings. The number of hydrogen-bond donors (Lipinski definition) is 2. The minimum absolute atomic E-state index is 0.0211. The van der Waals surface area contributed by atoms with Gasteiger partial charge >= 0.3 is 5.97 Å². The summed E-state index contributed by atoms with van der Waals surface area (Å²) in [5, 5.41) is 18.3. The van der Waals surface area contributed by atoms with Crippen molar-refractivity contribution >= 4 is 16.1 Å². The van der Waals surface area contributed by atoms with Crippen molar-refractivity contribution in [3.63, 3.8) is 0 Å². The first-order valence-electron chi connectivity index (χ1n) is 4.95. The SMILES string of the molecule is C=CCOC(OS(=O)(=O)C=C(C)C(=O)O)C(C)O. The van der Waals surface area contributed by atoms with Crippen molar-refractivity contribution in [1.29, 1.82) is 0 Å². The molecule has 0 spiro atoms. The molecule has 0 aromatic carbocycles. The zero-order valence-corrected chi connectivity index (χ0v) is 10.9. The number of ether oxygens (including phenoxy) is 1. The third kappa shape index (κ3) is 6.50. The molecule has 0 amide bonds. The third-order valence-electron chi connectivity index (χ3n) is 1.66. The van der Waals surface area contributed by atoms with Crippen molar-refractivity contribution < 1.29 is 32.3 Å². The molecule has 0 radical (unpaired) electrons. The fraction of sp³-hybridized carbons (Fsp3) is 0.500. The Morgan fingerprint density at radius 3 is 2.44 bits per heavy atom. The summed E-state index contributed by atoms with van der Waals surface area (Å²) in [6, 6.07) is 0. The molecule has 0 fully saturated rings. The first-order valence-corrected chi connectivity index (χ1v) is 6.42. The second kappa shape index (κ2) is 7.27. The second-order valence-electron chi connectivity index (χ2n) is 3.43. The first-order chi connectivity index (χ1) is 8.19. The Bertz CT molecular complexity index is 422. The molecular formula is C10H16O7S. The molecule has 2 N–H and O–H groups in total. The van der Waals surface area contributed by atoms with Gasteiger partial charge in [-0.1, -0.05) is 6.08 Å². The highest BCUT2D eigenvalue weighted by atomic mass is 32.2. The maximum Gasteiger partial charge on any atom is 0.332 e. The summed E-state index contributed by atoms with van der Waals surface area (Å²) in [4.78, 5) is 10.5. The van der Waals surface area contributed by atoms with E-state index in [0.717, 1.165) is 6.92 Å². The standard InChI is InChI=1S/C10H16O7S/c1-4-5-16-10(8(3)11)17-18(14,15)6-7(2)9(12)13/h4,6,8,10-11H,1,5H2,2-3H3,(H,12,13). The van der Waals surface area contributed by atoms with Crippen LogP contribution in [0.1, 0.15) is 13.8 Å². The number of aliphatic carboxylic acids is 1. The summed E-state index contributed by atoms with van der Waals surface area (Å²) >= 11 is 0. The summed E-state index contributed by atoms with van der Waals surface area (Å²) in [6.07, 6.45) is -1.28. The summed E-state index contributed by atoms with van der Waals surface area (Å²) in [7, 11) is -4.26.